The third-order valence-corrected chi connectivity index (χ3v) is 8.06. The van der Waals surface area contributed by atoms with Gasteiger partial charge in [0.25, 0.3) is 0 Å². The highest BCUT2D eigenvalue weighted by Crippen LogP contribution is 2.37. The lowest BCUT2D eigenvalue weighted by atomic mass is 9.76. The number of ether oxygens (including phenoxy) is 2. The number of hydrogen-bond acceptors (Lipinski definition) is 10. The first-order valence-corrected chi connectivity index (χ1v) is 13.4. The van der Waals surface area contributed by atoms with Crippen molar-refractivity contribution >= 4 is 28.0 Å². The van der Waals surface area contributed by atoms with Crippen LogP contribution in [0.2, 0.25) is 0 Å². The summed E-state index contributed by atoms with van der Waals surface area (Å²) in [5, 5.41) is 21.4. The Morgan fingerprint density at radius 3 is 2.78 bits per heavy atom. The number of imidazole rings is 2. The maximum absolute atomic E-state index is 12.5. The van der Waals surface area contributed by atoms with Crippen molar-refractivity contribution in [3.05, 3.63) is 36.7 Å². The van der Waals surface area contributed by atoms with Gasteiger partial charge >= 0.3 is 6.36 Å². The molecule has 1 aromatic carbocycles. The Bertz CT molecular complexity index is 1520. The van der Waals surface area contributed by atoms with Crippen LogP contribution in [-0.4, -0.2) is 88.9 Å². The fourth-order valence-corrected chi connectivity index (χ4v) is 5.81. The largest absolute Gasteiger partial charge is 0.573 e. The molecule has 1 saturated carbocycles. The van der Waals surface area contributed by atoms with Gasteiger partial charge in [-0.2, -0.15) is 0 Å². The molecule has 41 heavy (non-hydrogen) atoms. The molecule has 0 amide bonds. The lowest BCUT2D eigenvalue weighted by molar-refractivity contribution is -0.274. The van der Waals surface area contributed by atoms with Gasteiger partial charge < -0.3 is 35.3 Å². The summed E-state index contributed by atoms with van der Waals surface area (Å²) in [7, 11) is 1.99. The second-order valence-corrected chi connectivity index (χ2v) is 10.9. The summed E-state index contributed by atoms with van der Waals surface area (Å²) in [4.78, 5) is 22.1. The fraction of sp³-hybridized carbons (Fsp3) is 0.538. The van der Waals surface area contributed by atoms with Gasteiger partial charge in [-0.15, -0.1) is 13.2 Å². The molecule has 1 aliphatic carbocycles. The van der Waals surface area contributed by atoms with Gasteiger partial charge in [0.2, 0.25) is 0 Å². The number of nitrogens with one attached hydrogen (secondary N) is 1. The van der Waals surface area contributed by atoms with E-state index in [1.807, 2.05) is 7.05 Å². The van der Waals surface area contributed by atoms with Gasteiger partial charge in [0.1, 0.15) is 41.7 Å². The van der Waals surface area contributed by atoms with Gasteiger partial charge in [-0.05, 0) is 50.8 Å². The van der Waals surface area contributed by atoms with Crippen molar-refractivity contribution in [3.8, 4) is 5.75 Å². The number of benzene rings is 1. The van der Waals surface area contributed by atoms with Gasteiger partial charge in [0.15, 0.2) is 17.7 Å². The molecule has 1 saturated heterocycles. The highest BCUT2D eigenvalue weighted by molar-refractivity contribution is 5.81. The number of nitrogen functional groups attached to an aromatic ring is 1. The first-order chi connectivity index (χ1) is 19.6. The standard InChI is InChI=1S/C26H31F3N8O4/c1-36(10-18-21(38)22(39)25(40-18)37-12-33-20-23(30)31-11-32-24(20)37)14-7-13(8-14)3-2-4-19-34-16-6-5-15(9-17(16)35-19)41-26(27,28)29/h5-6,9,11-14,18,21-22,25,38-39H,2-4,7-8,10H2,1H3,(H,34,35)(H2,30,31,32)/t13?,14?,18-,21-,22-,25-/m1/s1. The number of rotatable bonds is 9. The van der Waals surface area contributed by atoms with Gasteiger partial charge in [-0.3, -0.25) is 4.57 Å². The Morgan fingerprint density at radius 2 is 2.00 bits per heavy atom. The van der Waals surface area contributed by atoms with Crippen LogP contribution in [0.15, 0.2) is 30.9 Å². The molecular formula is C26H31F3N8O4. The summed E-state index contributed by atoms with van der Waals surface area (Å²) in [5.74, 6) is 1.23. The first kappa shape index (κ1) is 27.6. The molecule has 4 atom stereocenters. The van der Waals surface area contributed by atoms with E-state index in [-0.39, 0.29) is 11.6 Å². The molecular weight excluding hydrogens is 545 g/mol. The van der Waals surface area contributed by atoms with Crippen LogP contribution in [-0.2, 0) is 11.2 Å². The van der Waals surface area contributed by atoms with Gasteiger partial charge in [0, 0.05) is 25.1 Å². The number of aromatic amines is 1. The van der Waals surface area contributed by atoms with Crippen LogP contribution in [0.5, 0.6) is 5.75 Å². The first-order valence-electron chi connectivity index (χ1n) is 13.4. The van der Waals surface area contributed by atoms with E-state index < -0.39 is 30.9 Å². The third kappa shape index (κ3) is 5.66. The van der Waals surface area contributed by atoms with Crippen LogP contribution in [0.25, 0.3) is 22.2 Å². The zero-order valence-corrected chi connectivity index (χ0v) is 22.2. The molecule has 1 aliphatic heterocycles. The number of aliphatic hydroxyl groups is 2. The van der Waals surface area contributed by atoms with Gasteiger partial charge in [-0.1, -0.05) is 0 Å². The highest BCUT2D eigenvalue weighted by atomic mass is 19.4. The van der Waals surface area contributed by atoms with Crippen molar-refractivity contribution < 1.29 is 32.9 Å². The average Bonchev–Trinajstić information content (AvgIpc) is 3.56. The lowest BCUT2D eigenvalue weighted by Crippen LogP contribution is -2.47. The van der Waals surface area contributed by atoms with Crippen LogP contribution in [0.3, 0.4) is 0 Å². The Labute approximate surface area is 232 Å². The van der Waals surface area contributed by atoms with Gasteiger partial charge in [0.05, 0.1) is 17.4 Å². The van der Waals surface area contributed by atoms with Crippen LogP contribution in [0, 0.1) is 5.92 Å². The number of aliphatic hydroxyl groups excluding tert-OH is 2. The second-order valence-electron chi connectivity index (χ2n) is 10.9. The quantitative estimate of drug-likeness (QED) is 0.233. The molecule has 0 spiro atoms. The molecule has 0 unspecified atom stereocenters. The molecule has 12 nitrogen and oxygen atoms in total. The monoisotopic (exact) mass is 576 g/mol. The molecule has 5 N–H and O–H groups in total. The molecule has 6 rings (SSSR count). The predicted molar refractivity (Wildman–Crippen MR) is 141 cm³/mol. The summed E-state index contributed by atoms with van der Waals surface area (Å²) in [5.41, 5.74) is 7.80. The van der Waals surface area contributed by atoms with E-state index in [4.69, 9.17) is 10.5 Å². The number of aryl methyl sites for hydroxylation is 1. The van der Waals surface area contributed by atoms with E-state index in [2.05, 4.69) is 34.6 Å². The molecule has 15 heteroatoms. The van der Waals surface area contributed by atoms with Crippen LogP contribution >= 0.6 is 0 Å². The molecule has 4 heterocycles. The smallest absolute Gasteiger partial charge is 0.406 e. The molecule has 0 radical (unpaired) electrons. The Morgan fingerprint density at radius 1 is 1.20 bits per heavy atom. The predicted octanol–water partition coefficient (Wildman–Crippen LogP) is 2.54. The van der Waals surface area contributed by atoms with E-state index in [0.717, 1.165) is 31.5 Å². The van der Waals surface area contributed by atoms with E-state index in [1.54, 1.807) is 4.57 Å². The number of nitrogens with zero attached hydrogens (tertiary/aromatic N) is 6. The second kappa shape index (κ2) is 10.7. The minimum Gasteiger partial charge on any atom is -0.406 e. The average molecular weight is 577 g/mol. The molecule has 220 valence electrons. The minimum absolute atomic E-state index is 0.226. The van der Waals surface area contributed by atoms with Crippen molar-refractivity contribution in [2.75, 3.05) is 19.3 Å². The van der Waals surface area contributed by atoms with Crippen molar-refractivity contribution in [2.45, 2.75) is 69.0 Å². The number of anilines is 1. The molecule has 2 fully saturated rings. The molecule has 0 bridgehead atoms. The Kier molecular flexibility index (Phi) is 7.21. The summed E-state index contributed by atoms with van der Waals surface area (Å²) in [6.45, 7) is 0.453. The molecule has 2 aliphatic rings. The van der Waals surface area contributed by atoms with E-state index in [1.165, 1.54) is 30.9 Å². The van der Waals surface area contributed by atoms with Crippen molar-refractivity contribution in [1.29, 1.82) is 0 Å². The topological polar surface area (TPSA) is 160 Å². The Balaban J connectivity index is 0.965. The van der Waals surface area contributed by atoms with E-state index in [9.17, 15) is 23.4 Å². The fourth-order valence-electron chi connectivity index (χ4n) is 5.81. The van der Waals surface area contributed by atoms with Crippen molar-refractivity contribution in [1.82, 2.24) is 34.4 Å². The summed E-state index contributed by atoms with van der Waals surface area (Å²) >= 11 is 0. The number of nitrogens with two attached hydrogens (primary N) is 1. The number of fused-ring (bicyclic) bond motifs is 2. The maximum Gasteiger partial charge on any atom is 0.573 e. The SMILES string of the molecule is CN(C[C@H]1O[C@@H](n2cnc3c(N)ncnc32)[C@H](O)[C@@H]1O)C1CC(CCCc2nc3ccc(OC(F)(F)F)cc3[nH]2)C1. The zero-order valence-electron chi connectivity index (χ0n) is 22.2. The minimum atomic E-state index is -4.74. The van der Waals surface area contributed by atoms with Crippen LogP contribution in [0.4, 0.5) is 19.0 Å². The summed E-state index contributed by atoms with van der Waals surface area (Å²) in [6, 6.07) is 4.41. The third-order valence-electron chi connectivity index (χ3n) is 8.06. The number of alkyl halides is 3. The van der Waals surface area contributed by atoms with Crippen molar-refractivity contribution in [2.24, 2.45) is 5.92 Å². The van der Waals surface area contributed by atoms with Gasteiger partial charge in [-0.25, -0.2) is 19.9 Å². The number of aromatic nitrogens is 6. The summed E-state index contributed by atoms with van der Waals surface area (Å²) in [6.07, 6.45) is -0.999. The number of H-pyrrole nitrogens is 1. The highest BCUT2D eigenvalue weighted by Gasteiger charge is 2.45. The number of halogens is 3. The van der Waals surface area contributed by atoms with E-state index in [0.29, 0.717) is 47.1 Å². The van der Waals surface area contributed by atoms with Crippen molar-refractivity contribution in [3.63, 3.8) is 0 Å². The maximum atomic E-state index is 12.5. The molecule has 4 aromatic rings. The summed E-state index contributed by atoms with van der Waals surface area (Å²) < 4.78 is 49.0. The zero-order chi connectivity index (χ0) is 28.9. The van der Waals surface area contributed by atoms with E-state index >= 15 is 0 Å². The Hall–Kier alpha value is -3.53. The number of hydrogen-bond donors (Lipinski definition) is 4. The molecule has 3 aromatic heterocycles. The van der Waals surface area contributed by atoms with Crippen LogP contribution < -0.4 is 10.5 Å². The van der Waals surface area contributed by atoms with Crippen LogP contribution in [0.1, 0.15) is 37.7 Å². The number of likely N-dealkylation sites (N-methyl/N-ethyl adjacent to an activating group) is 1. The lowest BCUT2D eigenvalue weighted by Gasteiger charge is -2.42. The normalized spacial score (nSPS) is 26.7.